The van der Waals surface area contributed by atoms with Gasteiger partial charge >= 0.3 is 5.91 Å². The van der Waals surface area contributed by atoms with Crippen molar-refractivity contribution >= 4 is 50.0 Å². The third-order valence-electron chi connectivity index (χ3n) is 3.48. The number of aromatic amines is 1. The number of fused-ring (bicyclic) bond motifs is 1. The number of carbonyl (C=O) groups excluding carboxylic acids is 1. The summed E-state index contributed by atoms with van der Waals surface area (Å²) >= 11 is 9.37. The minimum atomic E-state index is -0.595. The maximum Gasteiger partial charge on any atom is 0.302 e. The molecule has 0 saturated carbocycles. The van der Waals surface area contributed by atoms with Crippen LogP contribution in [0.3, 0.4) is 0 Å². The van der Waals surface area contributed by atoms with Crippen molar-refractivity contribution in [1.82, 2.24) is 4.98 Å². The third-order valence-corrected chi connectivity index (χ3v) is 4.65. The van der Waals surface area contributed by atoms with Gasteiger partial charge < -0.3 is 14.8 Å². The van der Waals surface area contributed by atoms with Crippen molar-refractivity contribution in [1.29, 1.82) is 0 Å². The summed E-state index contributed by atoms with van der Waals surface area (Å²) in [5.74, 6) is -0.360. The average molecular weight is 423 g/mol. The van der Waals surface area contributed by atoms with E-state index in [0.29, 0.717) is 21.7 Å². The number of H-pyrrole nitrogens is 1. The van der Waals surface area contributed by atoms with E-state index in [9.17, 15) is 9.90 Å². The Morgan fingerprint density at radius 1 is 1.36 bits per heavy atom. The van der Waals surface area contributed by atoms with Crippen LogP contribution < -0.4 is 4.74 Å². The van der Waals surface area contributed by atoms with Crippen molar-refractivity contribution in [2.45, 2.75) is 6.92 Å². The molecule has 1 aromatic heterocycles. The molecule has 3 rings (SSSR count). The number of hydrogen-bond acceptors (Lipinski definition) is 4. The first-order valence-corrected chi connectivity index (χ1v) is 8.45. The van der Waals surface area contributed by atoms with Gasteiger partial charge in [0, 0.05) is 9.86 Å². The van der Waals surface area contributed by atoms with E-state index in [-0.39, 0.29) is 18.2 Å². The molecule has 0 bridgehead atoms. The van der Waals surface area contributed by atoms with Crippen LogP contribution in [0, 0.1) is 6.92 Å². The summed E-state index contributed by atoms with van der Waals surface area (Å²) in [5, 5.41) is 18.5. The van der Waals surface area contributed by atoms with Crippen molar-refractivity contribution in [2.24, 2.45) is 10.2 Å². The van der Waals surface area contributed by atoms with Gasteiger partial charge in [-0.05, 0) is 36.8 Å². The van der Waals surface area contributed by atoms with Crippen LogP contribution in [-0.4, -0.2) is 22.6 Å². The van der Waals surface area contributed by atoms with E-state index in [1.807, 2.05) is 19.1 Å². The van der Waals surface area contributed by atoms with E-state index >= 15 is 0 Å². The summed E-state index contributed by atoms with van der Waals surface area (Å²) in [7, 11) is 0. The molecule has 0 atom stereocenters. The molecular formula is C17H13BrClN3O3. The molecule has 8 heteroatoms. The molecule has 0 radical (unpaired) electrons. The molecule has 0 aliphatic carbocycles. The van der Waals surface area contributed by atoms with Crippen molar-refractivity contribution in [3.63, 3.8) is 0 Å². The van der Waals surface area contributed by atoms with Gasteiger partial charge in [-0.1, -0.05) is 39.7 Å². The highest BCUT2D eigenvalue weighted by molar-refractivity contribution is 9.10. The minimum Gasteiger partial charge on any atom is -0.493 e. The van der Waals surface area contributed by atoms with Gasteiger partial charge in [0.15, 0.2) is 12.3 Å². The van der Waals surface area contributed by atoms with Gasteiger partial charge in [0.05, 0.1) is 10.5 Å². The van der Waals surface area contributed by atoms with Crippen LogP contribution >= 0.6 is 27.5 Å². The fourth-order valence-electron chi connectivity index (χ4n) is 2.23. The van der Waals surface area contributed by atoms with Gasteiger partial charge in [-0.3, -0.25) is 4.79 Å². The van der Waals surface area contributed by atoms with Crippen LogP contribution in [0.2, 0.25) is 5.02 Å². The largest absolute Gasteiger partial charge is 0.493 e. The topological polar surface area (TPSA) is 87.0 Å². The summed E-state index contributed by atoms with van der Waals surface area (Å²) in [6, 6.07) is 10.5. The van der Waals surface area contributed by atoms with Crippen LogP contribution in [0.1, 0.15) is 5.56 Å². The number of carbonyl (C=O) groups is 1. The maximum atomic E-state index is 11.9. The van der Waals surface area contributed by atoms with E-state index in [4.69, 9.17) is 16.3 Å². The van der Waals surface area contributed by atoms with Gasteiger partial charge in [0.2, 0.25) is 5.88 Å². The Morgan fingerprint density at radius 3 is 2.88 bits per heavy atom. The molecule has 0 unspecified atom stereocenters. The lowest BCUT2D eigenvalue weighted by Crippen LogP contribution is -2.08. The molecule has 3 aromatic rings. The Kier molecular flexibility index (Phi) is 5.06. The molecule has 128 valence electrons. The fraction of sp³-hybridized carbons (Fsp3) is 0.118. The highest BCUT2D eigenvalue weighted by Gasteiger charge is 2.13. The number of nitrogens with one attached hydrogen (secondary N) is 1. The molecule has 6 nitrogen and oxygen atoms in total. The molecule has 2 N–H and O–H groups in total. The van der Waals surface area contributed by atoms with Gasteiger partial charge in [-0.25, -0.2) is 0 Å². The lowest BCUT2D eigenvalue weighted by atomic mass is 10.1. The minimum absolute atomic E-state index is 0.156. The molecule has 1 heterocycles. The number of amides is 1. The van der Waals surface area contributed by atoms with Gasteiger partial charge in [0.1, 0.15) is 5.75 Å². The molecule has 0 spiro atoms. The second-order valence-corrected chi connectivity index (χ2v) is 6.54. The number of azo groups is 1. The molecule has 0 aliphatic rings. The second kappa shape index (κ2) is 7.25. The number of para-hydroxylation sites is 1. The third kappa shape index (κ3) is 3.83. The number of aromatic nitrogens is 1. The highest BCUT2D eigenvalue weighted by Crippen LogP contribution is 2.37. The summed E-state index contributed by atoms with van der Waals surface area (Å²) < 4.78 is 6.21. The van der Waals surface area contributed by atoms with Gasteiger partial charge in [0.25, 0.3) is 0 Å². The zero-order valence-corrected chi connectivity index (χ0v) is 15.4. The monoisotopic (exact) mass is 421 g/mol. The summed E-state index contributed by atoms with van der Waals surface area (Å²) in [6.07, 6.45) is 0. The van der Waals surface area contributed by atoms with Crippen LogP contribution in [0.5, 0.6) is 11.6 Å². The van der Waals surface area contributed by atoms with Crippen LogP contribution in [0.25, 0.3) is 10.9 Å². The van der Waals surface area contributed by atoms with Crippen LogP contribution in [0.4, 0.5) is 5.69 Å². The fourth-order valence-corrected chi connectivity index (χ4v) is 2.77. The summed E-state index contributed by atoms with van der Waals surface area (Å²) in [4.78, 5) is 14.7. The van der Waals surface area contributed by atoms with Crippen molar-refractivity contribution in [3.8, 4) is 11.6 Å². The Morgan fingerprint density at radius 2 is 2.12 bits per heavy atom. The van der Waals surface area contributed by atoms with Crippen LogP contribution in [-0.2, 0) is 4.79 Å². The lowest BCUT2D eigenvalue weighted by molar-refractivity contribution is -0.120. The van der Waals surface area contributed by atoms with E-state index in [0.717, 1.165) is 10.0 Å². The molecule has 2 aromatic carbocycles. The number of benzene rings is 2. The Labute approximate surface area is 156 Å². The number of ether oxygens (including phenoxy) is 1. The first kappa shape index (κ1) is 17.4. The van der Waals surface area contributed by atoms with Crippen LogP contribution in [0.15, 0.2) is 51.1 Å². The number of rotatable bonds is 4. The highest BCUT2D eigenvalue weighted by atomic mass is 79.9. The van der Waals surface area contributed by atoms with E-state index in [1.54, 1.807) is 24.3 Å². The predicted molar refractivity (Wildman–Crippen MR) is 98.9 cm³/mol. The molecular weight excluding hydrogens is 410 g/mol. The Bertz CT molecular complexity index is 985. The SMILES string of the molecule is Cc1cc2c(N=NC(=O)COc3ccccc3Cl)c(O)[nH]c2cc1Br. The lowest BCUT2D eigenvalue weighted by Gasteiger charge is -2.04. The molecule has 1 amide bonds. The van der Waals surface area contributed by atoms with E-state index < -0.39 is 5.91 Å². The normalized spacial score (nSPS) is 11.3. The zero-order chi connectivity index (χ0) is 18.0. The molecule has 25 heavy (non-hydrogen) atoms. The predicted octanol–water partition coefficient (Wildman–Crippen LogP) is 5.29. The number of aromatic hydroxyl groups is 1. The Hall–Kier alpha value is -2.38. The van der Waals surface area contributed by atoms with Gasteiger partial charge in [-0.15, -0.1) is 10.2 Å². The smallest absolute Gasteiger partial charge is 0.302 e. The summed E-state index contributed by atoms with van der Waals surface area (Å²) in [5.41, 5.74) is 1.86. The van der Waals surface area contributed by atoms with Crippen molar-refractivity contribution in [2.75, 3.05) is 6.61 Å². The number of nitrogens with zero attached hydrogens (tertiary/aromatic N) is 2. The van der Waals surface area contributed by atoms with E-state index in [1.165, 1.54) is 0 Å². The number of aryl methyl sites for hydroxylation is 1. The van der Waals surface area contributed by atoms with Gasteiger partial charge in [-0.2, -0.15) is 0 Å². The first-order chi connectivity index (χ1) is 12.0. The maximum absolute atomic E-state index is 11.9. The molecule has 0 aliphatic heterocycles. The van der Waals surface area contributed by atoms with Crippen molar-refractivity contribution < 1.29 is 14.6 Å². The van der Waals surface area contributed by atoms with Crippen molar-refractivity contribution in [3.05, 3.63) is 51.5 Å². The standard InChI is InChI=1S/C17H13BrClN3O3/c1-9-6-10-13(7-11(9)18)20-17(24)16(10)22-21-15(23)8-25-14-5-3-2-4-12(14)19/h2-7,20,24H,8H2,1H3. The quantitative estimate of drug-likeness (QED) is 0.560. The summed E-state index contributed by atoms with van der Waals surface area (Å²) in [6.45, 7) is 1.61. The van der Waals surface area contributed by atoms with E-state index in [2.05, 4.69) is 31.1 Å². The molecule has 0 fully saturated rings. The Balaban J connectivity index is 1.76. The first-order valence-electron chi connectivity index (χ1n) is 7.28. The number of hydrogen-bond donors (Lipinski definition) is 2. The zero-order valence-electron chi connectivity index (χ0n) is 13.1. The molecule has 0 saturated heterocycles. The second-order valence-electron chi connectivity index (χ2n) is 5.28. The average Bonchev–Trinajstić information content (AvgIpc) is 2.87. The number of halogens is 2.